The molecule has 1 fully saturated rings. The van der Waals surface area contributed by atoms with Gasteiger partial charge >= 0.3 is 0 Å². The largest absolute Gasteiger partial charge is 0.252 e. The molecule has 0 aliphatic carbocycles. The van der Waals surface area contributed by atoms with Crippen LogP contribution in [0.25, 0.3) is 0 Å². The zero-order valence-electron chi connectivity index (χ0n) is 10.4. The van der Waals surface area contributed by atoms with E-state index in [0.717, 1.165) is 35.9 Å². The van der Waals surface area contributed by atoms with Crippen molar-refractivity contribution in [3.05, 3.63) is 17.0 Å². The normalized spacial score (nSPS) is 22.2. The Hall–Kier alpha value is 0.0900. The van der Waals surface area contributed by atoms with Gasteiger partial charge in [0, 0.05) is 22.8 Å². The maximum absolute atomic E-state index is 12.6. The number of sulfonamides is 1. The first-order chi connectivity index (χ1) is 8.59. The van der Waals surface area contributed by atoms with Crippen molar-refractivity contribution in [1.82, 2.24) is 4.31 Å². The van der Waals surface area contributed by atoms with Gasteiger partial charge in [0.2, 0.25) is 0 Å². The van der Waals surface area contributed by atoms with Crippen LogP contribution in [0.4, 0.5) is 0 Å². The number of nitrogens with zero attached hydrogens (tertiary/aromatic N) is 1. The molecule has 1 unspecified atom stereocenters. The number of aryl methyl sites for hydroxylation is 1. The van der Waals surface area contributed by atoms with Crippen LogP contribution in [0, 0.1) is 0 Å². The second kappa shape index (κ2) is 6.03. The van der Waals surface area contributed by atoms with Gasteiger partial charge in [-0.1, -0.05) is 29.3 Å². The molecule has 0 saturated carbocycles. The molecule has 6 heteroatoms. The molecule has 0 spiro atoms. The minimum Gasteiger partial charge on any atom is -0.206 e. The quantitative estimate of drug-likeness (QED) is 0.780. The molecule has 1 saturated heterocycles. The van der Waals surface area contributed by atoms with Crippen LogP contribution in [0.15, 0.2) is 16.3 Å². The fourth-order valence-electron chi connectivity index (χ4n) is 2.25. The number of piperidine rings is 1. The molecule has 1 aromatic heterocycles. The lowest BCUT2D eigenvalue weighted by Crippen LogP contribution is -2.44. The lowest BCUT2D eigenvalue weighted by molar-refractivity contribution is 0.274. The lowest BCUT2D eigenvalue weighted by Gasteiger charge is -2.33. The second-order valence-electron chi connectivity index (χ2n) is 4.49. The van der Waals surface area contributed by atoms with Gasteiger partial charge in [0.15, 0.2) is 0 Å². The van der Waals surface area contributed by atoms with E-state index in [0.29, 0.717) is 10.8 Å². The van der Waals surface area contributed by atoms with E-state index in [2.05, 4.69) is 15.9 Å². The molecule has 18 heavy (non-hydrogen) atoms. The maximum Gasteiger partial charge on any atom is 0.252 e. The fraction of sp³-hybridized carbons (Fsp3) is 0.667. The lowest BCUT2D eigenvalue weighted by atomic mass is 10.1. The van der Waals surface area contributed by atoms with Crippen LogP contribution >= 0.6 is 27.3 Å². The summed E-state index contributed by atoms with van der Waals surface area (Å²) < 4.78 is 27.4. The van der Waals surface area contributed by atoms with Gasteiger partial charge in [0.1, 0.15) is 4.21 Å². The zero-order chi connectivity index (χ0) is 13.2. The first-order valence-corrected chi connectivity index (χ1v) is 9.64. The zero-order valence-corrected chi connectivity index (χ0v) is 13.7. The van der Waals surface area contributed by atoms with E-state index in [1.807, 2.05) is 13.0 Å². The highest BCUT2D eigenvalue weighted by atomic mass is 79.9. The standard InChI is InChI=1S/C12H18BrNO2S2/c1-2-11-6-7-12(17-11)18(15,16)14-8-4-3-5-10(14)9-13/h6-7,10H,2-5,8-9H2,1H3. The summed E-state index contributed by atoms with van der Waals surface area (Å²) in [5.74, 6) is 0. The molecule has 0 aromatic carbocycles. The highest BCUT2D eigenvalue weighted by molar-refractivity contribution is 9.09. The van der Waals surface area contributed by atoms with Crippen LogP contribution in [-0.4, -0.2) is 30.6 Å². The highest BCUT2D eigenvalue weighted by Gasteiger charge is 2.33. The van der Waals surface area contributed by atoms with Crippen LogP contribution < -0.4 is 0 Å². The van der Waals surface area contributed by atoms with Crippen LogP contribution in [0.5, 0.6) is 0 Å². The van der Waals surface area contributed by atoms with Gasteiger partial charge in [0.05, 0.1) is 0 Å². The van der Waals surface area contributed by atoms with Gasteiger partial charge in [-0.3, -0.25) is 0 Å². The summed E-state index contributed by atoms with van der Waals surface area (Å²) in [6, 6.07) is 3.78. The Morgan fingerprint density at radius 2 is 2.22 bits per heavy atom. The van der Waals surface area contributed by atoms with Crippen molar-refractivity contribution < 1.29 is 8.42 Å². The predicted octanol–water partition coefficient (Wildman–Crippen LogP) is 3.25. The van der Waals surface area contributed by atoms with Crippen molar-refractivity contribution in [3.8, 4) is 0 Å². The Balaban J connectivity index is 2.28. The number of thiophene rings is 1. The summed E-state index contributed by atoms with van der Waals surface area (Å²) >= 11 is 4.83. The molecule has 0 N–H and O–H groups in total. The van der Waals surface area contributed by atoms with Crippen molar-refractivity contribution in [3.63, 3.8) is 0 Å². The van der Waals surface area contributed by atoms with Crippen molar-refractivity contribution in [2.75, 3.05) is 11.9 Å². The number of halogens is 1. The van der Waals surface area contributed by atoms with Gasteiger partial charge < -0.3 is 0 Å². The Morgan fingerprint density at radius 1 is 1.44 bits per heavy atom. The Labute approximate surface area is 121 Å². The minimum absolute atomic E-state index is 0.107. The van der Waals surface area contributed by atoms with Gasteiger partial charge in [0.25, 0.3) is 10.0 Å². The third-order valence-corrected chi connectivity index (χ3v) is 7.70. The Morgan fingerprint density at radius 3 is 2.83 bits per heavy atom. The van der Waals surface area contributed by atoms with Crippen LogP contribution in [0.2, 0.25) is 0 Å². The minimum atomic E-state index is -3.29. The highest BCUT2D eigenvalue weighted by Crippen LogP contribution is 2.30. The molecule has 2 rings (SSSR count). The van der Waals surface area contributed by atoms with Crippen LogP contribution in [0.3, 0.4) is 0 Å². The third kappa shape index (κ3) is 2.81. The van der Waals surface area contributed by atoms with E-state index < -0.39 is 10.0 Å². The molecule has 0 amide bonds. The molecule has 3 nitrogen and oxygen atoms in total. The van der Waals surface area contributed by atoms with Crippen LogP contribution in [0.1, 0.15) is 31.1 Å². The summed E-state index contributed by atoms with van der Waals surface area (Å²) in [5.41, 5.74) is 0. The molecule has 0 bridgehead atoms. The van der Waals surface area contributed by atoms with E-state index >= 15 is 0 Å². The van der Waals surface area contributed by atoms with E-state index in [1.165, 1.54) is 11.3 Å². The summed E-state index contributed by atoms with van der Waals surface area (Å²) in [4.78, 5) is 1.13. The molecule has 0 radical (unpaired) electrons. The summed E-state index contributed by atoms with van der Waals surface area (Å²) in [6.07, 6.45) is 3.93. The van der Waals surface area contributed by atoms with E-state index in [1.54, 1.807) is 10.4 Å². The first kappa shape index (κ1) is 14.5. The summed E-state index contributed by atoms with van der Waals surface area (Å²) in [6.45, 7) is 2.70. The molecule has 1 aliphatic rings. The number of hydrogen-bond donors (Lipinski definition) is 0. The van der Waals surface area contributed by atoms with Crippen LogP contribution in [-0.2, 0) is 16.4 Å². The SMILES string of the molecule is CCc1ccc(S(=O)(=O)N2CCCCC2CBr)s1. The smallest absolute Gasteiger partial charge is 0.206 e. The topological polar surface area (TPSA) is 37.4 Å². The second-order valence-corrected chi connectivity index (χ2v) is 8.43. The van der Waals surface area contributed by atoms with E-state index in [9.17, 15) is 8.42 Å². The Bertz CT molecular complexity index is 498. The molecule has 2 heterocycles. The number of alkyl halides is 1. The van der Waals surface area contributed by atoms with Gasteiger partial charge in [-0.2, -0.15) is 4.31 Å². The molecular weight excluding hydrogens is 334 g/mol. The Kier molecular flexibility index (Phi) is 4.86. The maximum atomic E-state index is 12.6. The molecular formula is C12H18BrNO2S2. The average molecular weight is 352 g/mol. The van der Waals surface area contributed by atoms with Gasteiger partial charge in [-0.25, -0.2) is 8.42 Å². The van der Waals surface area contributed by atoms with E-state index in [-0.39, 0.29) is 6.04 Å². The number of rotatable bonds is 4. The first-order valence-electron chi connectivity index (χ1n) is 6.26. The summed E-state index contributed by atoms with van der Waals surface area (Å²) in [5, 5.41) is 0.720. The van der Waals surface area contributed by atoms with Crippen molar-refractivity contribution in [1.29, 1.82) is 0 Å². The molecule has 102 valence electrons. The summed E-state index contributed by atoms with van der Waals surface area (Å²) in [7, 11) is -3.29. The third-order valence-electron chi connectivity index (χ3n) is 3.30. The monoisotopic (exact) mass is 351 g/mol. The van der Waals surface area contributed by atoms with Gasteiger partial charge in [-0.15, -0.1) is 11.3 Å². The molecule has 1 aliphatic heterocycles. The van der Waals surface area contributed by atoms with Crippen molar-refractivity contribution in [2.45, 2.75) is 42.9 Å². The fourth-order valence-corrected chi connectivity index (χ4v) is 6.23. The van der Waals surface area contributed by atoms with Gasteiger partial charge in [-0.05, 0) is 31.4 Å². The van der Waals surface area contributed by atoms with Crippen molar-refractivity contribution >= 4 is 37.3 Å². The molecule has 1 atom stereocenters. The predicted molar refractivity (Wildman–Crippen MR) is 79.0 cm³/mol. The van der Waals surface area contributed by atoms with Crippen molar-refractivity contribution in [2.24, 2.45) is 0 Å². The average Bonchev–Trinajstić information content (AvgIpc) is 2.88. The molecule has 1 aromatic rings. The van der Waals surface area contributed by atoms with E-state index in [4.69, 9.17) is 0 Å². The number of hydrogen-bond acceptors (Lipinski definition) is 3.